The van der Waals surface area contributed by atoms with Gasteiger partial charge in [-0.3, -0.25) is 9.58 Å². The van der Waals surface area contributed by atoms with E-state index < -0.39 is 6.10 Å². The molecule has 1 aliphatic rings. The van der Waals surface area contributed by atoms with E-state index in [4.69, 9.17) is 11.6 Å². The fourth-order valence-corrected chi connectivity index (χ4v) is 3.05. The van der Waals surface area contributed by atoms with Gasteiger partial charge < -0.3 is 5.11 Å². The van der Waals surface area contributed by atoms with Crippen LogP contribution in [0.15, 0.2) is 6.20 Å². The molecule has 0 aliphatic carbocycles. The summed E-state index contributed by atoms with van der Waals surface area (Å²) in [5, 5.41) is 15.7. The maximum atomic E-state index is 10.8. The third-order valence-corrected chi connectivity index (χ3v) is 4.42. The van der Waals surface area contributed by atoms with Gasteiger partial charge in [0, 0.05) is 11.6 Å². The van der Waals surface area contributed by atoms with Gasteiger partial charge in [0.2, 0.25) is 0 Å². The largest absolute Gasteiger partial charge is 0.385 e. The third kappa shape index (κ3) is 2.67. The third-order valence-electron chi connectivity index (χ3n) is 4.13. The van der Waals surface area contributed by atoms with Crippen molar-refractivity contribution in [2.45, 2.75) is 58.2 Å². The maximum Gasteiger partial charge on any atom is 0.115 e. The standard InChI is InChI=1S/C14H24ClN3O/c1-10(2)18-12(11(15)9-16-18)13(19)14(3,4)17-7-5-6-8-17/h9-10,13,19H,5-8H2,1-4H3. The molecule has 19 heavy (non-hydrogen) atoms. The lowest BCUT2D eigenvalue weighted by molar-refractivity contribution is -0.00433. The Balaban J connectivity index is 2.32. The van der Waals surface area contributed by atoms with Crippen molar-refractivity contribution in [1.29, 1.82) is 0 Å². The number of nitrogens with zero attached hydrogens (tertiary/aromatic N) is 3. The predicted octanol–water partition coefficient (Wildman–Crippen LogP) is 3.03. The van der Waals surface area contributed by atoms with Gasteiger partial charge in [-0.25, -0.2) is 0 Å². The highest BCUT2D eigenvalue weighted by Crippen LogP contribution is 2.37. The number of hydrogen-bond acceptors (Lipinski definition) is 3. The lowest BCUT2D eigenvalue weighted by Crippen LogP contribution is -2.47. The Bertz CT molecular complexity index is 436. The molecule has 1 aromatic rings. The zero-order chi connectivity index (χ0) is 14.2. The van der Waals surface area contributed by atoms with Crippen LogP contribution in [0.2, 0.25) is 5.02 Å². The molecule has 1 aromatic heterocycles. The molecule has 0 aromatic carbocycles. The van der Waals surface area contributed by atoms with Gasteiger partial charge >= 0.3 is 0 Å². The minimum Gasteiger partial charge on any atom is -0.385 e. The summed E-state index contributed by atoms with van der Waals surface area (Å²) < 4.78 is 1.82. The molecule has 0 bridgehead atoms. The van der Waals surface area contributed by atoms with E-state index in [0.717, 1.165) is 18.8 Å². The molecule has 1 saturated heterocycles. The van der Waals surface area contributed by atoms with E-state index in [-0.39, 0.29) is 11.6 Å². The monoisotopic (exact) mass is 285 g/mol. The molecule has 1 aliphatic heterocycles. The number of aliphatic hydroxyl groups is 1. The second kappa shape index (κ2) is 5.43. The quantitative estimate of drug-likeness (QED) is 0.924. The predicted molar refractivity (Wildman–Crippen MR) is 77.5 cm³/mol. The molecule has 1 atom stereocenters. The molecule has 0 spiro atoms. The molecule has 5 heteroatoms. The summed E-state index contributed by atoms with van der Waals surface area (Å²) in [6.07, 6.45) is 3.39. The number of halogens is 1. The van der Waals surface area contributed by atoms with Gasteiger partial charge in [0.1, 0.15) is 6.10 Å². The number of aromatic nitrogens is 2. The molecule has 2 heterocycles. The summed E-state index contributed by atoms with van der Waals surface area (Å²) in [6, 6.07) is 0.187. The highest BCUT2D eigenvalue weighted by molar-refractivity contribution is 6.31. The summed E-state index contributed by atoms with van der Waals surface area (Å²) in [5.74, 6) is 0. The first-order chi connectivity index (χ1) is 8.85. The zero-order valence-electron chi connectivity index (χ0n) is 12.2. The van der Waals surface area contributed by atoms with Crippen molar-refractivity contribution in [3.8, 4) is 0 Å². The maximum absolute atomic E-state index is 10.8. The topological polar surface area (TPSA) is 41.3 Å². The Morgan fingerprint density at radius 2 is 1.89 bits per heavy atom. The van der Waals surface area contributed by atoms with E-state index in [1.165, 1.54) is 12.8 Å². The lowest BCUT2D eigenvalue weighted by Gasteiger charge is -2.39. The Morgan fingerprint density at radius 3 is 2.42 bits per heavy atom. The number of rotatable bonds is 4. The first-order valence-corrected chi connectivity index (χ1v) is 7.39. The van der Waals surface area contributed by atoms with E-state index >= 15 is 0 Å². The number of likely N-dealkylation sites (tertiary alicyclic amines) is 1. The summed E-state index contributed by atoms with van der Waals surface area (Å²) in [4.78, 5) is 2.34. The minimum absolute atomic E-state index is 0.187. The Kier molecular flexibility index (Phi) is 4.23. The molecule has 1 unspecified atom stereocenters. The van der Waals surface area contributed by atoms with Crippen molar-refractivity contribution < 1.29 is 5.11 Å². The van der Waals surface area contributed by atoms with Crippen LogP contribution in [-0.4, -0.2) is 38.4 Å². The van der Waals surface area contributed by atoms with Gasteiger partial charge in [0.05, 0.1) is 16.9 Å². The van der Waals surface area contributed by atoms with Crippen LogP contribution < -0.4 is 0 Å². The van der Waals surface area contributed by atoms with Crippen LogP contribution in [0.25, 0.3) is 0 Å². The van der Waals surface area contributed by atoms with E-state index in [0.29, 0.717) is 5.02 Å². The Labute approximate surface area is 120 Å². The van der Waals surface area contributed by atoms with Crippen molar-refractivity contribution in [3.05, 3.63) is 16.9 Å². The van der Waals surface area contributed by atoms with Gasteiger partial charge in [-0.1, -0.05) is 11.6 Å². The highest BCUT2D eigenvalue weighted by atomic mass is 35.5. The van der Waals surface area contributed by atoms with Crippen LogP contribution >= 0.6 is 11.6 Å². The van der Waals surface area contributed by atoms with Crippen molar-refractivity contribution in [2.24, 2.45) is 0 Å². The smallest absolute Gasteiger partial charge is 0.115 e. The van der Waals surface area contributed by atoms with Crippen LogP contribution in [0.3, 0.4) is 0 Å². The van der Waals surface area contributed by atoms with Gasteiger partial charge in [-0.05, 0) is 53.6 Å². The minimum atomic E-state index is -0.636. The SMILES string of the molecule is CC(C)n1ncc(Cl)c1C(O)C(C)(C)N1CCCC1. The molecular formula is C14H24ClN3O. The fourth-order valence-electron chi connectivity index (χ4n) is 2.82. The molecule has 4 nitrogen and oxygen atoms in total. The fraction of sp³-hybridized carbons (Fsp3) is 0.786. The van der Waals surface area contributed by atoms with Crippen molar-refractivity contribution in [1.82, 2.24) is 14.7 Å². The number of aliphatic hydroxyl groups excluding tert-OH is 1. The highest BCUT2D eigenvalue weighted by Gasteiger charge is 2.39. The van der Waals surface area contributed by atoms with Gasteiger partial charge in [-0.2, -0.15) is 5.10 Å². The molecule has 1 N–H and O–H groups in total. The molecule has 0 saturated carbocycles. The normalized spacial score (nSPS) is 19.3. The summed E-state index contributed by atoms with van der Waals surface area (Å²) in [7, 11) is 0. The van der Waals surface area contributed by atoms with Gasteiger partial charge in [0.25, 0.3) is 0 Å². The van der Waals surface area contributed by atoms with Crippen molar-refractivity contribution in [3.63, 3.8) is 0 Å². The van der Waals surface area contributed by atoms with E-state index in [9.17, 15) is 5.11 Å². The van der Waals surface area contributed by atoms with E-state index in [2.05, 4.69) is 23.8 Å². The van der Waals surface area contributed by atoms with Crippen LogP contribution in [0, 0.1) is 0 Å². The van der Waals surface area contributed by atoms with Crippen LogP contribution in [0.1, 0.15) is 58.4 Å². The summed E-state index contributed by atoms with van der Waals surface area (Å²) >= 11 is 6.23. The van der Waals surface area contributed by atoms with Crippen LogP contribution in [0.4, 0.5) is 0 Å². The summed E-state index contributed by atoms with van der Waals surface area (Å²) in [6.45, 7) is 10.3. The second-order valence-corrected chi connectivity index (χ2v) is 6.57. The zero-order valence-corrected chi connectivity index (χ0v) is 13.0. The summed E-state index contributed by atoms with van der Waals surface area (Å²) in [5.41, 5.74) is 0.404. The van der Waals surface area contributed by atoms with E-state index in [1.54, 1.807) is 6.20 Å². The first-order valence-electron chi connectivity index (χ1n) is 7.01. The van der Waals surface area contributed by atoms with Gasteiger partial charge in [0.15, 0.2) is 0 Å². The van der Waals surface area contributed by atoms with Gasteiger partial charge in [-0.15, -0.1) is 0 Å². The first kappa shape index (κ1) is 14.8. The van der Waals surface area contributed by atoms with Crippen LogP contribution in [-0.2, 0) is 0 Å². The molecule has 2 rings (SSSR count). The second-order valence-electron chi connectivity index (χ2n) is 6.17. The molecule has 1 fully saturated rings. The average Bonchev–Trinajstić information content (AvgIpc) is 2.96. The number of hydrogen-bond donors (Lipinski definition) is 1. The average molecular weight is 286 g/mol. The van der Waals surface area contributed by atoms with Crippen molar-refractivity contribution >= 4 is 11.6 Å². The molecule has 108 valence electrons. The molecular weight excluding hydrogens is 262 g/mol. The Hall–Kier alpha value is -0.580. The lowest BCUT2D eigenvalue weighted by atomic mass is 9.92. The van der Waals surface area contributed by atoms with Crippen molar-refractivity contribution in [2.75, 3.05) is 13.1 Å². The Morgan fingerprint density at radius 1 is 1.32 bits per heavy atom. The van der Waals surface area contributed by atoms with E-state index in [1.807, 2.05) is 18.5 Å². The molecule has 0 radical (unpaired) electrons. The van der Waals surface area contributed by atoms with Crippen LogP contribution in [0.5, 0.6) is 0 Å². The molecule has 0 amide bonds.